The highest BCUT2D eigenvalue weighted by Crippen LogP contribution is 2.50. The Kier molecular flexibility index (Phi) is 4.31. The van der Waals surface area contributed by atoms with E-state index in [-0.39, 0.29) is 24.0 Å². The number of carbonyl (C=O) groups is 2. The second-order valence-corrected chi connectivity index (χ2v) is 6.86. The van der Waals surface area contributed by atoms with Gasteiger partial charge < -0.3 is 20.9 Å². The molecule has 6 nitrogen and oxygen atoms in total. The van der Waals surface area contributed by atoms with E-state index in [1.54, 1.807) is 0 Å². The highest BCUT2D eigenvalue weighted by atomic mass is 16.5. The molecule has 120 valence electrons. The molecule has 21 heavy (non-hydrogen) atoms. The number of nitrogens with two attached hydrogens (primary N) is 1. The van der Waals surface area contributed by atoms with Crippen LogP contribution < -0.4 is 11.1 Å². The van der Waals surface area contributed by atoms with E-state index < -0.39 is 16.9 Å². The second-order valence-electron chi connectivity index (χ2n) is 6.86. The third kappa shape index (κ3) is 2.66. The van der Waals surface area contributed by atoms with E-state index in [0.29, 0.717) is 32.3 Å². The van der Waals surface area contributed by atoms with Crippen molar-refractivity contribution < 1.29 is 19.4 Å². The lowest BCUT2D eigenvalue weighted by molar-refractivity contribution is -0.171. The maximum Gasteiger partial charge on any atom is 0.306 e. The summed E-state index contributed by atoms with van der Waals surface area (Å²) in [5.74, 6) is -1.32. The third-order valence-corrected chi connectivity index (χ3v) is 5.35. The molecule has 2 aliphatic rings. The molecule has 4 unspecified atom stereocenters. The quantitative estimate of drug-likeness (QED) is 0.699. The van der Waals surface area contributed by atoms with Crippen molar-refractivity contribution in [3.8, 4) is 0 Å². The number of nitrogens with one attached hydrogen (secondary N) is 1. The van der Waals surface area contributed by atoms with Crippen LogP contribution in [-0.4, -0.2) is 41.3 Å². The minimum atomic E-state index is -0.936. The standard InChI is InChI=1S/C15H26N2O4/c1-4-21-11-8-15(16,14(11,2)3)13(20)17-10-6-5-9(7-10)12(18)19/h9-11H,4-8,16H2,1-3H3,(H,17,20)(H,18,19). The predicted molar refractivity (Wildman–Crippen MR) is 77.6 cm³/mol. The van der Waals surface area contributed by atoms with Gasteiger partial charge in [0.25, 0.3) is 0 Å². The molecule has 0 aliphatic heterocycles. The third-order valence-electron chi connectivity index (χ3n) is 5.35. The van der Waals surface area contributed by atoms with E-state index in [1.807, 2.05) is 20.8 Å². The molecular formula is C15H26N2O4. The summed E-state index contributed by atoms with van der Waals surface area (Å²) >= 11 is 0. The maximum atomic E-state index is 12.5. The normalized spacial score (nSPS) is 37.8. The molecule has 0 spiro atoms. The van der Waals surface area contributed by atoms with Gasteiger partial charge in [-0.25, -0.2) is 0 Å². The van der Waals surface area contributed by atoms with Crippen molar-refractivity contribution in [1.82, 2.24) is 5.32 Å². The Hall–Kier alpha value is -1.14. The summed E-state index contributed by atoms with van der Waals surface area (Å²) in [5.41, 5.74) is 4.95. The molecule has 0 saturated heterocycles. The van der Waals surface area contributed by atoms with Gasteiger partial charge in [-0.3, -0.25) is 9.59 Å². The first kappa shape index (κ1) is 16.2. The number of hydrogen-bond donors (Lipinski definition) is 3. The maximum absolute atomic E-state index is 12.5. The summed E-state index contributed by atoms with van der Waals surface area (Å²) in [5, 5.41) is 11.9. The van der Waals surface area contributed by atoms with Gasteiger partial charge in [-0.15, -0.1) is 0 Å². The van der Waals surface area contributed by atoms with Crippen LogP contribution in [0.1, 0.15) is 46.5 Å². The Labute approximate surface area is 125 Å². The number of hydrogen-bond acceptors (Lipinski definition) is 4. The average Bonchev–Trinajstić information content (AvgIpc) is 2.86. The Bertz CT molecular complexity index is 437. The van der Waals surface area contributed by atoms with Crippen molar-refractivity contribution in [3.63, 3.8) is 0 Å². The predicted octanol–water partition coefficient (Wildman–Crippen LogP) is 0.888. The van der Waals surface area contributed by atoms with E-state index in [1.165, 1.54) is 0 Å². The number of carbonyl (C=O) groups excluding carboxylic acids is 1. The molecule has 2 saturated carbocycles. The molecule has 0 aromatic heterocycles. The van der Waals surface area contributed by atoms with E-state index >= 15 is 0 Å². The fourth-order valence-corrected chi connectivity index (χ4v) is 3.47. The summed E-state index contributed by atoms with van der Waals surface area (Å²) in [4.78, 5) is 23.5. The van der Waals surface area contributed by atoms with Crippen LogP contribution in [0.4, 0.5) is 0 Å². The van der Waals surface area contributed by atoms with Crippen molar-refractivity contribution in [1.29, 1.82) is 0 Å². The lowest BCUT2D eigenvalue weighted by Crippen LogP contribution is -2.76. The topological polar surface area (TPSA) is 102 Å². The zero-order chi connectivity index (χ0) is 15.8. The van der Waals surface area contributed by atoms with Gasteiger partial charge in [0.1, 0.15) is 5.54 Å². The minimum absolute atomic E-state index is 0.00593. The number of aliphatic carboxylic acids is 1. The first-order chi connectivity index (χ1) is 9.72. The first-order valence-corrected chi connectivity index (χ1v) is 7.66. The number of amides is 1. The molecule has 6 heteroatoms. The van der Waals surface area contributed by atoms with Crippen LogP contribution >= 0.6 is 0 Å². The molecular weight excluding hydrogens is 272 g/mol. The largest absolute Gasteiger partial charge is 0.481 e. The van der Waals surface area contributed by atoms with Crippen LogP contribution in [0.3, 0.4) is 0 Å². The molecule has 0 heterocycles. The first-order valence-electron chi connectivity index (χ1n) is 7.66. The Morgan fingerprint density at radius 3 is 2.52 bits per heavy atom. The molecule has 4 N–H and O–H groups in total. The summed E-state index contributed by atoms with van der Waals surface area (Å²) in [6, 6.07) is -0.0824. The van der Waals surface area contributed by atoms with Crippen molar-refractivity contribution in [2.75, 3.05) is 6.61 Å². The highest BCUT2D eigenvalue weighted by molar-refractivity contribution is 5.89. The van der Waals surface area contributed by atoms with E-state index in [2.05, 4.69) is 5.32 Å². The van der Waals surface area contributed by atoms with Gasteiger partial charge in [-0.05, 0) is 26.2 Å². The van der Waals surface area contributed by atoms with E-state index in [9.17, 15) is 9.59 Å². The average molecular weight is 298 g/mol. The van der Waals surface area contributed by atoms with Crippen LogP contribution in [0, 0.1) is 11.3 Å². The Balaban J connectivity index is 1.94. The SMILES string of the molecule is CCOC1CC(N)(C(=O)NC2CCC(C(=O)O)C2)C1(C)C. The van der Waals surface area contributed by atoms with Crippen LogP contribution in [0.2, 0.25) is 0 Å². The van der Waals surface area contributed by atoms with Gasteiger partial charge >= 0.3 is 5.97 Å². The van der Waals surface area contributed by atoms with Crippen LogP contribution in [0.15, 0.2) is 0 Å². The monoisotopic (exact) mass is 298 g/mol. The summed E-state index contributed by atoms with van der Waals surface area (Å²) in [6.07, 6.45) is 2.31. The fraction of sp³-hybridized carbons (Fsp3) is 0.867. The molecule has 4 atom stereocenters. The van der Waals surface area contributed by atoms with Crippen LogP contribution in [0.5, 0.6) is 0 Å². The van der Waals surface area contributed by atoms with Gasteiger partial charge in [0, 0.05) is 24.5 Å². The van der Waals surface area contributed by atoms with Crippen molar-refractivity contribution >= 4 is 11.9 Å². The Morgan fingerprint density at radius 2 is 2.05 bits per heavy atom. The van der Waals surface area contributed by atoms with Crippen LogP contribution in [-0.2, 0) is 14.3 Å². The molecule has 2 aliphatic carbocycles. The summed E-state index contributed by atoms with van der Waals surface area (Å²) in [7, 11) is 0. The van der Waals surface area contributed by atoms with Crippen molar-refractivity contribution in [2.45, 2.75) is 64.1 Å². The van der Waals surface area contributed by atoms with Crippen molar-refractivity contribution in [2.24, 2.45) is 17.1 Å². The van der Waals surface area contributed by atoms with E-state index in [4.69, 9.17) is 15.6 Å². The lowest BCUT2D eigenvalue weighted by atomic mass is 9.54. The molecule has 0 radical (unpaired) electrons. The second kappa shape index (κ2) is 5.57. The zero-order valence-corrected chi connectivity index (χ0v) is 13.0. The molecule has 0 aromatic rings. The fourth-order valence-electron chi connectivity index (χ4n) is 3.47. The van der Waals surface area contributed by atoms with E-state index in [0.717, 1.165) is 0 Å². The molecule has 2 fully saturated rings. The lowest BCUT2D eigenvalue weighted by Gasteiger charge is -2.57. The van der Waals surface area contributed by atoms with Gasteiger partial charge in [-0.2, -0.15) is 0 Å². The minimum Gasteiger partial charge on any atom is -0.481 e. The number of rotatable bonds is 5. The van der Waals surface area contributed by atoms with Crippen LogP contribution in [0.25, 0.3) is 0 Å². The molecule has 2 rings (SSSR count). The number of carboxylic acids is 1. The summed E-state index contributed by atoms with van der Waals surface area (Å²) in [6.45, 7) is 6.43. The molecule has 1 amide bonds. The number of carboxylic acid groups (broad SMARTS) is 1. The highest BCUT2D eigenvalue weighted by Gasteiger charge is 2.63. The van der Waals surface area contributed by atoms with Gasteiger partial charge in [0.05, 0.1) is 12.0 Å². The van der Waals surface area contributed by atoms with Gasteiger partial charge in [0.15, 0.2) is 0 Å². The zero-order valence-electron chi connectivity index (χ0n) is 13.0. The molecule has 0 aromatic carbocycles. The van der Waals surface area contributed by atoms with Crippen molar-refractivity contribution in [3.05, 3.63) is 0 Å². The number of ether oxygens (including phenoxy) is 1. The molecule has 0 bridgehead atoms. The smallest absolute Gasteiger partial charge is 0.306 e. The van der Waals surface area contributed by atoms with Gasteiger partial charge in [-0.1, -0.05) is 13.8 Å². The summed E-state index contributed by atoms with van der Waals surface area (Å²) < 4.78 is 5.62. The Morgan fingerprint density at radius 1 is 1.38 bits per heavy atom. The van der Waals surface area contributed by atoms with Gasteiger partial charge in [0.2, 0.25) is 5.91 Å².